The summed E-state index contributed by atoms with van der Waals surface area (Å²) in [5.41, 5.74) is 1.32. The number of thioether (sulfide) groups is 1. The molecule has 2 rings (SSSR count). The van der Waals surface area contributed by atoms with Crippen LogP contribution in [0.4, 0.5) is 0 Å². The summed E-state index contributed by atoms with van der Waals surface area (Å²) in [7, 11) is 0. The van der Waals surface area contributed by atoms with Crippen LogP contribution in [0.2, 0.25) is 0 Å². The molecule has 78 valence electrons. The fraction of sp³-hybridized carbons (Fsp3) is 0.308. The second-order valence-electron chi connectivity index (χ2n) is 3.68. The molecule has 0 atom stereocenters. The molecule has 0 N–H and O–H groups in total. The van der Waals surface area contributed by atoms with Gasteiger partial charge in [-0.3, -0.25) is 4.79 Å². The van der Waals surface area contributed by atoms with E-state index < -0.39 is 0 Å². The van der Waals surface area contributed by atoms with E-state index in [0.29, 0.717) is 5.78 Å². The van der Waals surface area contributed by atoms with Crippen LogP contribution in [-0.4, -0.2) is 11.5 Å². The maximum atomic E-state index is 11.0. The average molecular weight is 218 g/mol. The first-order valence-electron chi connectivity index (χ1n) is 5.25. The van der Waals surface area contributed by atoms with Gasteiger partial charge in [0.05, 0.1) is 0 Å². The summed E-state index contributed by atoms with van der Waals surface area (Å²) < 4.78 is 0. The van der Waals surface area contributed by atoms with Gasteiger partial charge in [-0.2, -0.15) is 0 Å². The molecule has 0 saturated heterocycles. The minimum absolute atomic E-state index is 0.301. The number of benzene rings is 1. The molecule has 0 amide bonds. The lowest BCUT2D eigenvalue weighted by atomic mass is 10.2. The van der Waals surface area contributed by atoms with Gasteiger partial charge in [0.15, 0.2) is 5.78 Å². The Morgan fingerprint density at radius 3 is 2.60 bits per heavy atom. The number of carbonyl (C=O) groups excluding carboxylic acids is 1. The summed E-state index contributed by atoms with van der Waals surface area (Å²) in [6.07, 6.45) is 4.58. The van der Waals surface area contributed by atoms with Gasteiger partial charge in [-0.1, -0.05) is 23.8 Å². The summed E-state index contributed by atoms with van der Waals surface area (Å²) >= 11 is 1.86. The lowest BCUT2D eigenvalue weighted by molar-refractivity contribution is -0.114. The molecular weight excluding hydrogens is 204 g/mol. The molecule has 0 saturated carbocycles. The quantitative estimate of drug-likeness (QED) is 0.720. The van der Waals surface area contributed by atoms with Gasteiger partial charge in [-0.05, 0) is 31.1 Å². The molecular formula is C13H14OS. The maximum Gasteiger partial charge on any atom is 0.155 e. The van der Waals surface area contributed by atoms with Crippen molar-refractivity contribution >= 4 is 17.5 Å². The Morgan fingerprint density at radius 1 is 1.13 bits per heavy atom. The molecule has 1 aliphatic rings. The third-order valence-corrected chi connectivity index (χ3v) is 3.51. The second kappa shape index (κ2) is 5.17. The first-order chi connectivity index (χ1) is 7.34. The molecule has 2 heteroatoms. The van der Waals surface area contributed by atoms with E-state index in [4.69, 9.17) is 0 Å². The molecule has 0 unspecified atom stereocenters. The van der Waals surface area contributed by atoms with Gasteiger partial charge in [0, 0.05) is 17.1 Å². The summed E-state index contributed by atoms with van der Waals surface area (Å²) in [4.78, 5) is 12.3. The third kappa shape index (κ3) is 3.24. The van der Waals surface area contributed by atoms with Crippen molar-refractivity contribution in [2.45, 2.75) is 24.2 Å². The normalized spacial score (nSPS) is 15.5. The van der Waals surface area contributed by atoms with E-state index in [9.17, 15) is 4.79 Å². The van der Waals surface area contributed by atoms with Gasteiger partial charge in [0.1, 0.15) is 0 Å². The number of hydrogen-bond donors (Lipinski definition) is 0. The number of allylic oxidation sites excluding steroid dienone is 2. The fourth-order valence-electron chi connectivity index (χ4n) is 1.67. The van der Waals surface area contributed by atoms with E-state index in [1.54, 1.807) is 0 Å². The van der Waals surface area contributed by atoms with Crippen molar-refractivity contribution < 1.29 is 4.79 Å². The van der Waals surface area contributed by atoms with Crippen molar-refractivity contribution in [3.8, 4) is 0 Å². The highest BCUT2D eigenvalue weighted by Gasteiger charge is 2.10. The first kappa shape index (κ1) is 10.5. The topological polar surface area (TPSA) is 17.1 Å². The first-order valence-corrected chi connectivity index (χ1v) is 6.23. The van der Waals surface area contributed by atoms with Crippen molar-refractivity contribution in [2.75, 3.05) is 5.75 Å². The highest BCUT2D eigenvalue weighted by Crippen LogP contribution is 2.24. The van der Waals surface area contributed by atoms with Crippen molar-refractivity contribution in [3.05, 3.63) is 42.0 Å². The second-order valence-corrected chi connectivity index (χ2v) is 4.85. The molecule has 0 fully saturated rings. The Hall–Kier alpha value is -1.02. The van der Waals surface area contributed by atoms with Crippen molar-refractivity contribution in [3.63, 3.8) is 0 Å². The van der Waals surface area contributed by atoms with E-state index in [2.05, 4.69) is 24.3 Å². The zero-order chi connectivity index (χ0) is 10.5. The number of ketones is 1. The van der Waals surface area contributed by atoms with Crippen molar-refractivity contribution in [1.82, 2.24) is 0 Å². The molecule has 0 aliphatic heterocycles. The van der Waals surface area contributed by atoms with Gasteiger partial charge in [-0.25, -0.2) is 0 Å². The summed E-state index contributed by atoms with van der Waals surface area (Å²) in [6.45, 7) is 0. The van der Waals surface area contributed by atoms with Crippen LogP contribution in [0.15, 0.2) is 46.9 Å². The average Bonchev–Trinajstić information content (AvgIpc) is 2.66. The van der Waals surface area contributed by atoms with Crippen LogP contribution in [0, 0.1) is 0 Å². The van der Waals surface area contributed by atoms with Crippen molar-refractivity contribution in [1.29, 1.82) is 0 Å². The zero-order valence-electron chi connectivity index (χ0n) is 8.61. The third-order valence-electron chi connectivity index (χ3n) is 2.49. The SMILES string of the molecule is O=C1C=C(CCSc2ccccc2)CC1. The minimum atomic E-state index is 0.301. The molecule has 0 bridgehead atoms. The van der Waals surface area contributed by atoms with Crippen LogP contribution in [0.25, 0.3) is 0 Å². The number of carbonyl (C=O) groups is 1. The van der Waals surface area contributed by atoms with E-state index in [-0.39, 0.29) is 0 Å². The molecule has 15 heavy (non-hydrogen) atoms. The molecule has 0 heterocycles. The van der Waals surface area contributed by atoms with Crippen LogP contribution in [0.1, 0.15) is 19.3 Å². The predicted octanol–water partition coefficient (Wildman–Crippen LogP) is 3.46. The number of hydrogen-bond acceptors (Lipinski definition) is 2. The van der Waals surface area contributed by atoms with Gasteiger partial charge >= 0.3 is 0 Å². The van der Waals surface area contributed by atoms with Gasteiger partial charge in [0.2, 0.25) is 0 Å². The van der Waals surface area contributed by atoms with Crippen LogP contribution < -0.4 is 0 Å². The van der Waals surface area contributed by atoms with Crippen molar-refractivity contribution in [2.24, 2.45) is 0 Å². The van der Waals surface area contributed by atoms with Crippen LogP contribution in [-0.2, 0) is 4.79 Å². The lowest BCUT2D eigenvalue weighted by Crippen LogP contribution is -1.83. The monoisotopic (exact) mass is 218 g/mol. The molecule has 1 aromatic rings. The molecule has 0 aromatic heterocycles. The van der Waals surface area contributed by atoms with E-state index in [0.717, 1.165) is 25.0 Å². The molecule has 0 radical (unpaired) electrons. The highest BCUT2D eigenvalue weighted by molar-refractivity contribution is 7.99. The lowest BCUT2D eigenvalue weighted by Gasteiger charge is -2.01. The minimum Gasteiger partial charge on any atom is -0.295 e. The fourth-order valence-corrected chi connectivity index (χ4v) is 2.62. The maximum absolute atomic E-state index is 11.0. The Morgan fingerprint density at radius 2 is 1.93 bits per heavy atom. The Kier molecular flexibility index (Phi) is 3.62. The molecule has 1 aromatic carbocycles. The Bertz CT molecular complexity index is 367. The van der Waals surface area contributed by atoms with Gasteiger partial charge in [-0.15, -0.1) is 11.8 Å². The smallest absolute Gasteiger partial charge is 0.155 e. The molecule has 1 aliphatic carbocycles. The predicted molar refractivity (Wildman–Crippen MR) is 64.1 cm³/mol. The van der Waals surface area contributed by atoms with Crippen LogP contribution >= 0.6 is 11.8 Å². The van der Waals surface area contributed by atoms with Crippen LogP contribution in [0.5, 0.6) is 0 Å². The van der Waals surface area contributed by atoms with Crippen LogP contribution in [0.3, 0.4) is 0 Å². The summed E-state index contributed by atoms with van der Waals surface area (Å²) in [5, 5.41) is 0. The molecule has 0 spiro atoms. The van der Waals surface area contributed by atoms with Gasteiger partial charge < -0.3 is 0 Å². The Labute approximate surface area is 94.6 Å². The molecule has 1 nitrogen and oxygen atoms in total. The summed E-state index contributed by atoms with van der Waals surface area (Å²) in [5.74, 6) is 1.37. The van der Waals surface area contributed by atoms with Gasteiger partial charge in [0.25, 0.3) is 0 Å². The standard InChI is InChI=1S/C13H14OS/c14-12-7-6-11(10-12)8-9-15-13-4-2-1-3-5-13/h1-5,10H,6-9H2. The number of rotatable bonds is 4. The van der Waals surface area contributed by atoms with E-state index in [1.807, 2.05) is 23.9 Å². The Balaban J connectivity index is 1.76. The zero-order valence-corrected chi connectivity index (χ0v) is 9.43. The highest BCUT2D eigenvalue weighted by atomic mass is 32.2. The summed E-state index contributed by atoms with van der Waals surface area (Å²) in [6, 6.07) is 10.4. The van der Waals surface area contributed by atoms with E-state index >= 15 is 0 Å². The largest absolute Gasteiger partial charge is 0.295 e. The van der Waals surface area contributed by atoms with E-state index in [1.165, 1.54) is 10.5 Å².